The molecule has 158 valence electrons. The number of rotatable bonds is 5. The van der Waals surface area contributed by atoms with Crippen LogP contribution in [0.2, 0.25) is 0 Å². The highest BCUT2D eigenvalue weighted by Gasteiger charge is 2.33. The third kappa shape index (κ3) is 3.92. The SMILES string of the molecule is COc1ccc(-c2cc(=O)c3c(O)cc(OCC4COC(C)(C)O4)cc3o2)cc1O. The van der Waals surface area contributed by atoms with Crippen molar-refractivity contribution in [3.8, 4) is 34.3 Å². The lowest BCUT2D eigenvalue weighted by atomic mass is 10.1. The summed E-state index contributed by atoms with van der Waals surface area (Å²) in [6.45, 7) is 4.25. The van der Waals surface area contributed by atoms with Crippen molar-refractivity contribution in [2.75, 3.05) is 20.3 Å². The van der Waals surface area contributed by atoms with Gasteiger partial charge in [0.2, 0.25) is 0 Å². The molecule has 0 bridgehead atoms. The minimum absolute atomic E-state index is 0.0467. The van der Waals surface area contributed by atoms with E-state index in [-0.39, 0.29) is 40.9 Å². The summed E-state index contributed by atoms with van der Waals surface area (Å²) in [6.07, 6.45) is -0.251. The Labute approximate surface area is 172 Å². The number of benzene rings is 2. The summed E-state index contributed by atoms with van der Waals surface area (Å²) in [7, 11) is 1.44. The zero-order valence-electron chi connectivity index (χ0n) is 16.8. The smallest absolute Gasteiger partial charge is 0.197 e. The van der Waals surface area contributed by atoms with Crippen LogP contribution in [0.5, 0.6) is 23.0 Å². The molecular formula is C22H22O8. The van der Waals surface area contributed by atoms with Gasteiger partial charge in [0, 0.05) is 23.8 Å². The maximum atomic E-state index is 12.6. The first-order valence-corrected chi connectivity index (χ1v) is 9.38. The Balaban J connectivity index is 1.65. The molecule has 2 aromatic carbocycles. The Morgan fingerprint density at radius 2 is 1.93 bits per heavy atom. The Hall–Kier alpha value is -3.23. The van der Waals surface area contributed by atoms with Crippen molar-refractivity contribution >= 4 is 11.0 Å². The molecule has 1 aliphatic rings. The van der Waals surface area contributed by atoms with Gasteiger partial charge in [-0.15, -0.1) is 0 Å². The highest BCUT2D eigenvalue weighted by molar-refractivity contribution is 5.86. The van der Waals surface area contributed by atoms with E-state index in [1.807, 2.05) is 13.8 Å². The predicted molar refractivity (Wildman–Crippen MR) is 108 cm³/mol. The van der Waals surface area contributed by atoms with Gasteiger partial charge in [0.15, 0.2) is 22.7 Å². The van der Waals surface area contributed by atoms with E-state index >= 15 is 0 Å². The Bertz CT molecular complexity index is 1150. The maximum Gasteiger partial charge on any atom is 0.197 e. The van der Waals surface area contributed by atoms with Crippen LogP contribution in [0.25, 0.3) is 22.3 Å². The van der Waals surface area contributed by atoms with Gasteiger partial charge in [-0.05, 0) is 32.0 Å². The van der Waals surface area contributed by atoms with E-state index in [9.17, 15) is 15.0 Å². The molecule has 8 nitrogen and oxygen atoms in total. The van der Waals surface area contributed by atoms with Crippen LogP contribution in [0.3, 0.4) is 0 Å². The van der Waals surface area contributed by atoms with Gasteiger partial charge >= 0.3 is 0 Å². The number of hydrogen-bond acceptors (Lipinski definition) is 8. The second-order valence-corrected chi connectivity index (χ2v) is 7.44. The molecule has 8 heteroatoms. The van der Waals surface area contributed by atoms with E-state index in [0.717, 1.165) is 0 Å². The van der Waals surface area contributed by atoms with E-state index < -0.39 is 11.2 Å². The monoisotopic (exact) mass is 414 g/mol. The zero-order valence-corrected chi connectivity index (χ0v) is 16.8. The van der Waals surface area contributed by atoms with E-state index in [4.69, 9.17) is 23.4 Å². The Morgan fingerprint density at radius 1 is 1.13 bits per heavy atom. The summed E-state index contributed by atoms with van der Waals surface area (Å²) < 4.78 is 27.8. The van der Waals surface area contributed by atoms with Gasteiger partial charge in [-0.2, -0.15) is 0 Å². The lowest BCUT2D eigenvalue weighted by molar-refractivity contribution is -0.141. The molecule has 0 amide bonds. The van der Waals surface area contributed by atoms with Crippen molar-refractivity contribution in [3.63, 3.8) is 0 Å². The molecule has 30 heavy (non-hydrogen) atoms. The fourth-order valence-corrected chi connectivity index (χ4v) is 3.35. The Morgan fingerprint density at radius 3 is 2.60 bits per heavy atom. The van der Waals surface area contributed by atoms with Gasteiger partial charge < -0.3 is 33.6 Å². The van der Waals surface area contributed by atoms with Crippen LogP contribution in [0.4, 0.5) is 0 Å². The molecule has 1 unspecified atom stereocenters. The third-order valence-electron chi connectivity index (χ3n) is 4.75. The number of aromatic hydroxyl groups is 2. The van der Waals surface area contributed by atoms with Crippen LogP contribution >= 0.6 is 0 Å². The number of fused-ring (bicyclic) bond motifs is 1. The number of phenols is 2. The normalized spacial score (nSPS) is 17.9. The minimum Gasteiger partial charge on any atom is -0.507 e. The average Bonchev–Trinajstić information content (AvgIpc) is 3.04. The zero-order chi connectivity index (χ0) is 21.5. The first-order chi connectivity index (χ1) is 14.3. The van der Waals surface area contributed by atoms with Crippen molar-refractivity contribution in [3.05, 3.63) is 46.6 Å². The number of hydrogen-bond donors (Lipinski definition) is 2. The fraction of sp³-hybridized carbons (Fsp3) is 0.318. The molecule has 4 rings (SSSR count). The first kappa shape index (κ1) is 20.1. The molecular weight excluding hydrogens is 392 g/mol. The van der Waals surface area contributed by atoms with Crippen molar-refractivity contribution < 1.29 is 33.6 Å². The van der Waals surface area contributed by atoms with Crippen molar-refractivity contribution in [1.82, 2.24) is 0 Å². The van der Waals surface area contributed by atoms with Crippen molar-refractivity contribution in [2.45, 2.75) is 25.7 Å². The lowest BCUT2D eigenvalue weighted by Crippen LogP contribution is -2.25. The van der Waals surface area contributed by atoms with Crippen LogP contribution in [0.1, 0.15) is 13.8 Å². The molecule has 0 radical (unpaired) electrons. The summed E-state index contributed by atoms with van der Waals surface area (Å²) in [4.78, 5) is 12.6. The van der Waals surface area contributed by atoms with Crippen LogP contribution in [0, 0.1) is 0 Å². The van der Waals surface area contributed by atoms with Crippen molar-refractivity contribution in [2.24, 2.45) is 0 Å². The minimum atomic E-state index is -0.662. The van der Waals surface area contributed by atoms with Crippen LogP contribution in [0.15, 0.2) is 45.6 Å². The second kappa shape index (κ2) is 7.55. The van der Waals surface area contributed by atoms with E-state index in [1.165, 1.54) is 31.4 Å². The van der Waals surface area contributed by atoms with E-state index in [2.05, 4.69) is 0 Å². The van der Waals surface area contributed by atoms with Crippen LogP contribution < -0.4 is 14.9 Å². The number of methoxy groups -OCH3 is 1. The molecule has 0 aliphatic carbocycles. The maximum absolute atomic E-state index is 12.6. The third-order valence-corrected chi connectivity index (χ3v) is 4.75. The fourth-order valence-electron chi connectivity index (χ4n) is 3.35. The Kier molecular flexibility index (Phi) is 5.05. The number of ether oxygens (including phenoxy) is 4. The highest BCUT2D eigenvalue weighted by Crippen LogP contribution is 2.34. The van der Waals surface area contributed by atoms with Gasteiger partial charge in [-0.3, -0.25) is 4.79 Å². The molecule has 0 saturated carbocycles. The van der Waals surface area contributed by atoms with Gasteiger partial charge in [0.05, 0.1) is 13.7 Å². The summed E-state index contributed by atoms with van der Waals surface area (Å²) in [5.74, 6) is -0.131. The van der Waals surface area contributed by atoms with Gasteiger partial charge in [0.25, 0.3) is 0 Å². The largest absolute Gasteiger partial charge is 0.507 e. The van der Waals surface area contributed by atoms with Crippen molar-refractivity contribution in [1.29, 1.82) is 0 Å². The molecule has 1 saturated heterocycles. The molecule has 0 spiro atoms. The van der Waals surface area contributed by atoms with Gasteiger partial charge in [0.1, 0.15) is 40.9 Å². The quantitative estimate of drug-likeness (QED) is 0.654. The van der Waals surface area contributed by atoms with E-state index in [1.54, 1.807) is 12.1 Å². The summed E-state index contributed by atoms with van der Waals surface area (Å²) in [6, 6.07) is 8.81. The number of phenolic OH excluding ortho intramolecular Hbond substituents is 2. The summed E-state index contributed by atoms with van der Waals surface area (Å²) in [5.41, 5.74) is 0.225. The standard InChI is InChI=1S/C22H22O8/c1-22(2)28-11-14(30-22)10-27-13-7-16(24)21-17(25)9-19(29-20(21)8-13)12-4-5-18(26-3)15(23)6-12/h4-9,14,23-24H,10-11H2,1-3H3. The topological polar surface area (TPSA) is 108 Å². The molecule has 3 aromatic rings. The highest BCUT2D eigenvalue weighted by atomic mass is 16.7. The van der Waals surface area contributed by atoms with E-state index in [0.29, 0.717) is 23.7 Å². The summed E-state index contributed by atoms with van der Waals surface area (Å²) in [5, 5.41) is 20.4. The average molecular weight is 414 g/mol. The first-order valence-electron chi connectivity index (χ1n) is 9.38. The predicted octanol–water partition coefficient (Wildman–Crippen LogP) is 3.41. The molecule has 1 atom stereocenters. The summed E-state index contributed by atoms with van der Waals surface area (Å²) >= 11 is 0. The van der Waals surface area contributed by atoms with Crippen LogP contribution in [-0.2, 0) is 9.47 Å². The lowest BCUT2D eigenvalue weighted by Gasteiger charge is -2.17. The second-order valence-electron chi connectivity index (χ2n) is 7.44. The van der Waals surface area contributed by atoms with Crippen LogP contribution in [-0.4, -0.2) is 42.4 Å². The molecule has 1 fully saturated rings. The van der Waals surface area contributed by atoms with Gasteiger partial charge in [-0.1, -0.05) is 0 Å². The molecule has 2 N–H and O–H groups in total. The van der Waals surface area contributed by atoms with Gasteiger partial charge in [-0.25, -0.2) is 0 Å². The molecule has 1 aliphatic heterocycles. The molecule has 1 aromatic heterocycles. The molecule has 2 heterocycles.